The molecule has 78 valence electrons. The Morgan fingerprint density at radius 1 is 1.50 bits per heavy atom. The molecule has 1 rings (SSSR count). The number of benzene rings is 1. The van der Waals surface area contributed by atoms with E-state index in [2.05, 4.69) is 0 Å². The molecular weight excluding hydrogens is 216 g/mol. The molecule has 0 heterocycles. The summed E-state index contributed by atoms with van der Waals surface area (Å²) in [5.41, 5.74) is 4.74. The van der Waals surface area contributed by atoms with E-state index >= 15 is 0 Å². The predicted octanol–water partition coefficient (Wildman–Crippen LogP) is 1.32. The van der Waals surface area contributed by atoms with Gasteiger partial charge >= 0.3 is 0 Å². The van der Waals surface area contributed by atoms with Crippen LogP contribution >= 0.6 is 11.6 Å². The van der Waals surface area contributed by atoms with Crippen LogP contribution in [-0.4, -0.2) is 16.8 Å². The van der Waals surface area contributed by atoms with Crippen LogP contribution in [0, 0.1) is 11.6 Å². The predicted molar refractivity (Wildman–Crippen MR) is 47.0 cm³/mol. The maximum Gasteiger partial charge on any atom is 0.167 e. The van der Waals surface area contributed by atoms with Crippen LogP contribution < -0.4 is 5.73 Å². The second-order valence-corrected chi connectivity index (χ2v) is 3.11. The van der Waals surface area contributed by atoms with Gasteiger partial charge < -0.3 is 15.9 Å². The van der Waals surface area contributed by atoms with E-state index in [9.17, 15) is 13.9 Å². The fourth-order valence-corrected chi connectivity index (χ4v) is 1.23. The maximum absolute atomic E-state index is 13.1. The average molecular weight is 224 g/mol. The minimum absolute atomic E-state index is 0.345. The number of aliphatic hydroxyl groups is 1. The van der Waals surface area contributed by atoms with Crippen LogP contribution in [0.1, 0.15) is 11.6 Å². The molecule has 6 heteroatoms. The van der Waals surface area contributed by atoms with Gasteiger partial charge in [-0.05, 0) is 6.07 Å². The Morgan fingerprint density at radius 3 is 2.57 bits per heavy atom. The molecule has 3 nitrogen and oxygen atoms in total. The largest absolute Gasteiger partial charge is 0.506 e. The van der Waals surface area contributed by atoms with E-state index in [1.165, 1.54) is 0 Å². The number of nitrogens with two attached hydrogens (primary N) is 1. The summed E-state index contributed by atoms with van der Waals surface area (Å²) in [6, 6.07) is -0.567. The molecule has 0 fully saturated rings. The third kappa shape index (κ3) is 1.79. The van der Waals surface area contributed by atoms with Crippen LogP contribution in [0.2, 0.25) is 5.02 Å². The zero-order valence-electron chi connectivity index (χ0n) is 6.97. The van der Waals surface area contributed by atoms with E-state index in [1.807, 2.05) is 0 Å². The van der Waals surface area contributed by atoms with Gasteiger partial charge in [-0.25, -0.2) is 8.78 Å². The van der Waals surface area contributed by atoms with Gasteiger partial charge in [0.1, 0.15) is 5.75 Å². The molecule has 4 N–H and O–H groups in total. The second kappa shape index (κ2) is 4.08. The lowest BCUT2D eigenvalue weighted by Crippen LogP contribution is -2.17. The minimum atomic E-state index is -1.30. The van der Waals surface area contributed by atoms with Crippen LogP contribution in [0.5, 0.6) is 5.75 Å². The molecule has 0 bridgehead atoms. The SMILES string of the molecule is NC(CO)c1c(O)c(Cl)cc(F)c1F. The monoisotopic (exact) mass is 223 g/mol. The van der Waals surface area contributed by atoms with Crippen molar-refractivity contribution in [2.75, 3.05) is 6.61 Å². The lowest BCUT2D eigenvalue weighted by Gasteiger charge is -2.13. The van der Waals surface area contributed by atoms with Gasteiger partial charge in [0.05, 0.1) is 23.2 Å². The van der Waals surface area contributed by atoms with Crippen molar-refractivity contribution in [3.8, 4) is 5.75 Å². The molecular formula is C8H8ClF2NO2. The standard InChI is InChI=1S/C8H8ClF2NO2/c9-3-1-4(10)7(11)6(8(3)14)5(12)2-13/h1,5,13-14H,2,12H2. The van der Waals surface area contributed by atoms with Gasteiger partial charge in [0, 0.05) is 0 Å². The number of aromatic hydroxyl groups is 1. The number of phenols is 1. The zero-order chi connectivity index (χ0) is 10.9. The molecule has 0 aliphatic carbocycles. The Balaban J connectivity index is 3.39. The Kier molecular flexibility index (Phi) is 3.25. The molecule has 0 saturated carbocycles. The number of phenolic OH excluding ortho intramolecular Hbond substituents is 1. The molecule has 0 saturated heterocycles. The van der Waals surface area contributed by atoms with Gasteiger partial charge in [-0.3, -0.25) is 0 Å². The van der Waals surface area contributed by atoms with Crippen molar-refractivity contribution in [2.45, 2.75) is 6.04 Å². The fraction of sp³-hybridized carbons (Fsp3) is 0.250. The van der Waals surface area contributed by atoms with Gasteiger partial charge in [-0.2, -0.15) is 0 Å². The van der Waals surface area contributed by atoms with Gasteiger partial charge in [-0.1, -0.05) is 11.6 Å². The fourth-order valence-electron chi connectivity index (χ4n) is 1.03. The first-order valence-corrected chi connectivity index (χ1v) is 4.09. The minimum Gasteiger partial charge on any atom is -0.506 e. The van der Waals surface area contributed by atoms with E-state index in [4.69, 9.17) is 22.4 Å². The van der Waals surface area contributed by atoms with E-state index < -0.39 is 35.6 Å². The molecule has 0 radical (unpaired) electrons. The highest BCUT2D eigenvalue weighted by Gasteiger charge is 2.21. The van der Waals surface area contributed by atoms with Crippen LogP contribution in [0.25, 0.3) is 0 Å². The number of rotatable bonds is 2. The lowest BCUT2D eigenvalue weighted by atomic mass is 10.1. The van der Waals surface area contributed by atoms with Gasteiger partial charge in [0.25, 0.3) is 0 Å². The highest BCUT2D eigenvalue weighted by Crippen LogP contribution is 2.34. The van der Waals surface area contributed by atoms with Crippen molar-refractivity contribution in [1.29, 1.82) is 0 Å². The molecule has 1 unspecified atom stereocenters. The molecule has 0 amide bonds. The van der Waals surface area contributed by atoms with Crippen LogP contribution in [-0.2, 0) is 0 Å². The summed E-state index contributed by atoms with van der Waals surface area (Å²) in [6.45, 7) is -0.621. The number of hydrogen-bond acceptors (Lipinski definition) is 3. The molecule has 0 aliphatic heterocycles. The van der Waals surface area contributed by atoms with Crippen molar-refractivity contribution < 1.29 is 19.0 Å². The highest BCUT2D eigenvalue weighted by atomic mass is 35.5. The summed E-state index contributed by atoms with van der Waals surface area (Å²) in [7, 11) is 0. The first kappa shape index (κ1) is 11.2. The van der Waals surface area contributed by atoms with E-state index in [-0.39, 0.29) is 5.02 Å². The normalized spacial score (nSPS) is 12.9. The molecule has 0 aromatic heterocycles. The first-order valence-electron chi connectivity index (χ1n) is 3.71. The summed E-state index contributed by atoms with van der Waals surface area (Å²) in [5, 5.41) is 17.6. The summed E-state index contributed by atoms with van der Waals surface area (Å²) in [4.78, 5) is 0. The first-order chi connectivity index (χ1) is 6.49. The smallest absolute Gasteiger partial charge is 0.167 e. The molecule has 14 heavy (non-hydrogen) atoms. The second-order valence-electron chi connectivity index (χ2n) is 2.71. The molecule has 1 aromatic rings. The zero-order valence-corrected chi connectivity index (χ0v) is 7.72. The molecule has 0 aliphatic rings. The van der Waals surface area contributed by atoms with Crippen molar-refractivity contribution >= 4 is 11.6 Å². The van der Waals surface area contributed by atoms with Crippen molar-refractivity contribution in [2.24, 2.45) is 5.73 Å². The summed E-state index contributed by atoms with van der Waals surface area (Å²) < 4.78 is 25.9. The van der Waals surface area contributed by atoms with Gasteiger partial charge in [0.2, 0.25) is 0 Å². The topological polar surface area (TPSA) is 66.5 Å². The molecule has 1 aromatic carbocycles. The maximum atomic E-state index is 13.1. The van der Waals surface area contributed by atoms with Crippen molar-refractivity contribution in [3.63, 3.8) is 0 Å². The molecule has 0 spiro atoms. The Bertz CT molecular complexity index is 333. The number of aliphatic hydroxyl groups excluding tert-OH is 1. The third-order valence-electron chi connectivity index (χ3n) is 1.75. The lowest BCUT2D eigenvalue weighted by molar-refractivity contribution is 0.261. The summed E-state index contributed by atoms with van der Waals surface area (Å²) in [5.74, 6) is -3.16. The quantitative estimate of drug-likeness (QED) is 0.663. The Hall–Kier alpha value is -0.910. The Labute approximate surface area is 83.7 Å². The Morgan fingerprint density at radius 2 is 2.07 bits per heavy atom. The van der Waals surface area contributed by atoms with Crippen LogP contribution in [0.3, 0.4) is 0 Å². The summed E-state index contributed by atoms with van der Waals surface area (Å²) in [6.07, 6.45) is 0. The highest BCUT2D eigenvalue weighted by molar-refractivity contribution is 6.32. The van der Waals surface area contributed by atoms with E-state index in [1.54, 1.807) is 0 Å². The third-order valence-corrected chi connectivity index (χ3v) is 2.04. The van der Waals surface area contributed by atoms with Gasteiger partial charge in [0.15, 0.2) is 11.6 Å². The average Bonchev–Trinajstić information content (AvgIpc) is 2.15. The number of hydrogen-bond donors (Lipinski definition) is 3. The van der Waals surface area contributed by atoms with E-state index in [0.717, 1.165) is 0 Å². The summed E-state index contributed by atoms with van der Waals surface area (Å²) >= 11 is 5.40. The van der Waals surface area contributed by atoms with Crippen LogP contribution in [0.4, 0.5) is 8.78 Å². The van der Waals surface area contributed by atoms with E-state index in [0.29, 0.717) is 6.07 Å². The van der Waals surface area contributed by atoms with Crippen molar-refractivity contribution in [3.05, 3.63) is 28.3 Å². The van der Waals surface area contributed by atoms with Gasteiger partial charge in [-0.15, -0.1) is 0 Å². The number of halogens is 3. The van der Waals surface area contributed by atoms with Crippen molar-refractivity contribution in [1.82, 2.24) is 0 Å². The van der Waals surface area contributed by atoms with Crippen LogP contribution in [0.15, 0.2) is 6.07 Å². The molecule has 1 atom stereocenters.